The Balaban J connectivity index is 1.20. The van der Waals surface area contributed by atoms with Crippen LogP contribution in [-0.4, -0.2) is 13.4 Å². The molecule has 0 radical (unpaired) electrons. The molecule has 8 heteroatoms. The van der Waals surface area contributed by atoms with Crippen LogP contribution >= 0.6 is 11.8 Å². The molecule has 0 bridgehead atoms. The minimum absolute atomic E-state index is 0.0370. The lowest BCUT2D eigenvalue weighted by molar-refractivity contribution is -0.137. The zero-order chi connectivity index (χ0) is 40.6. The van der Waals surface area contributed by atoms with Gasteiger partial charge in [0.15, 0.2) is 0 Å². The Morgan fingerprint density at radius 2 is 0.967 bits per heavy atom. The lowest BCUT2D eigenvalue weighted by atomic mass is 9.29. The molecule has 0 atom stereocenters. The summed E-state index contributed by atoms with van der Waals surface area (Å²) in [5.41, 5.74) is 17.9. The van der Waals surface area contributed by atoms with Crippen molar-refractivity contribution in [2.75, 3.05) is 9.80 Å². The predicted molar refractivity (Wildman–Crippen MR) is 246 cm³/mol. The van der Waals surface area contributed by atoms with E-state index < -0.39 is 11.7 Å². The van der Waals surface area contributed by atoms with E-state index in [2.05, 4.69) is 98.5 Å². The van der Waals surface area contributed by atoms with Crippen LogP contribution in [0.2, 0.25) is 0 Å². The number of alkyl halides is 3. The predicted octanol–water partition coefficient (Wildman–Crippen LogP) is 10.3. The van der Waals surface area contributed by atoms with Crippen molar-refractivity contribution >= 4 is 92.1 Å². The van der Waals surface area contributed by atoms with E-state index in [9.17, 15) is 0 Å². The highest BCUT2D eigenvalue weighted by atomic mass is 32.2. The van der Waals surface area contributed by atoms with Gasteiger partial charge in [-0.3, -0.25) is 0 Å². The monoisotopic (exact) mass is 798 g/mol. The van der Waals surface area contributed by atoms with Gasteiger partial charge in [-0.1, -0.05) is 155 Å². The topological polar surface area (TPSA) is 6.48 Å². The van der Waals surface area contributed by atoms with Crippen molar-refractivity contribution in [3.05, 3.63) is 180 Å². The van der Waals surface area contributed by atoms with Gasteiger partial charge < -0.3 is 9.80 Å². The summed E-state index contributed by atoms with van der Waals surface area (Å²) >= 11 is 1.73. The number of anilines is 6. The Morgan fingerprint density at radius 1 is 0.433 bits per heavy atom. The van der Waals surface area contributed by atoms with Crippen molar-refractivity contribution in [3.8, 4) is 22.3 Å². The van der Waals surface area contributed by atoms with Crippen LogP contribution in [0.3, 0.4) is 0 Å². The number of rotatable bonds is 3. The molecule has 8 aromatic carbocycles. The third-order valence-electron chi connectivity index (χ3n) is 12.9. The van der Waals surface area contributed by atoms with E-state index in [1.165, 1.54) is 32.9 Å². The molecule has 0 saturated heterocycles. The first kappa shape index (κ1) is 35.6. The van der Waals surface area contributed by atoms with Crippen LogP contribution in [-0.2, 0) is 6.18 Å². The Hall–Kier alpha value is -6.37. The second-order valence-corrected chi connectivity index (χ2v) is 17.7. The summed E-state index contributed by atoms with van der Waals surface area (Å²) in [6.45, 7) is 6.11. The summed E-state index contributed by atoms with van der Waals surface area (Å²) in [5, 5.41) is 0. The highest BCUT2D eigenvalue weighted by Crippen LogP contribution is 2.52. The van der Waals surface area contributed by atoms with Gasteiger partial charge in [0.05, 0.1) is 11.3 Å². The molecule has 0 fully saturated rings. The van der Waals surface area contributed by atoms with Crippen LogP contribution < -0.4 is 42.6 Å². The van der Waals surface area contributed by atoms with Gasteiger partial charge >= 0.3 is 6.18 Å². The minimum atomic E-state index is -4.64. The van der Waals surface area contributed by atoms with E-state index in [-0.39, 0.29) is 19.1 Å². The summed E-state index contributed by atoms with van der Waals surface area (Å²) in [4.78, 5) is 6.62. The molecule has 0 N–H and O–H groups in total. The number of halogens is 3. The zero-order valence-corrected chi connectivity index (χ0v) is 33.9. The maximum absolute atomic E-state index is 15.8. The molecule has 12 rings (SSSR count). The minimum Gasteiger partial charge on any atom is -0.312 e. The summed E-state index contributed by atoms with van der Waals surface area (Å²) in [7, 11) is 0. The molecule has 0 unspecified atom stereocenters. The Labute approximate surface area is 352 Å². The quantitative estimate of drug-likeness (QED) is 0.165. The van der Waals surface area contributed by atoms with E-state index in [0.29, 0.717) is 5.56 Å². The van der Waals surface area contributed by atoms with Gasteiger partial charge in [0.2, 0.25) is 6.71 Å². The molecule has 2 nitrogen and oxygen atoms in total. The summed E-state index contributed by atoms with van der Waals surface area (Å²) in [5.74, 6) is 0. The average molecular weight is 799 g/mol. The van der Waals surface area contributed by atoms with E-state index in [0.717, 1.165) is 77.5 Å². The number of nitrogens with zero attached hydrogens (tertiary/aromatic N) is 2. The first-order chi connectivity index (χ1) is 29.1. The molecule has 4 aliphatic rings. The standard InChI is InChI=1S/C52H35B2F3N2S/c1-30-16-23-42-39(26-30)53-38-14-7-8-15-46(38)60-47-29-45-48-51(49(47)53)58(42)43-24-17-31(2)27-40(43)54(48)41-28-32(3)18-25-44(41)59(45)50-36(12-9-13-37(50)52(55,56)57)35-21-19-34(20-22-35)33-10-5-4-6-11-33/h4-29H,1-3H3. The SMILES string of the molecule is Cc1ccc2c(c1)B1c3cc(C)ccc3N3c4ccc(C)cc4B4c5ccccc5Sc5cc(c1c3c54)N2c1c(-c2ccc(-c3ccccc3)cc2)cccc1C(F)(F)F. The van der Waals surface area contributed by atoms with Crippen LogP contribution in [0, 0.1) is 20.8 Å². The first-order valence-corrected chi connectivity index (χ1v) is 21.2. The fourth-order valence-corrected chi connectivity index (χ4v) is 11.6. The number of benzene rings is 8. The third kappa shape index (κ3) is 5.07. The van der Waals surface area contributed by atoms with Gasteiger partial charge in [-0.2, -0.15) is 13.2 Å². The molecular formula is C52H35B2F3N2S. The van der Waals surface area contributed by atoms with Gasteiger partial charge in [-0.15, -0.1) is 0 Å². The summed E-state index contributed by atoms with van der Waals surface area (Å²) in [6, 6.07) is 53.3. The van der Waals surface area contributed by atoms with Crippen LogP contribution in [0.4, 0.5) is 47.3 Å². The third-order valence-corrected chi connectivity index (χ3v) is 14.0. The maximum atomic E-state index is 15.8. The fourth-order valence-electron chi connectivity index (χ4n) is 10.4. The zero-order valence-electron chi connectivity index (χ0n) is 33.1. The van der Waals surface area contributed by atoms with E-state index >= 15 is 13.2 Å². The highest BCUT2D eigenvalue weighted by molar-refractivity contribution is 8.00. The normalized spacial score (nSPS) is 14.0. The second-order valence-electron chi connectivity index (χ2n) is 16.6. The Bertz CT molecular complexity index is 3130. The van der Waals surface area contributed by atoms with Gasteiger partial charge in [0.1, 0.15) is 0 Å². The number of hydrogen-bond acceptors (Lipinski definition) is 3. The molecule has 0 spiro atoms. The fraction of sp³-hybridized carbons (Fsp3) is 0.0769. The highest BCUT2D eigenvalue weighted by Gasteiger charge is 2.51. The van der Waals surface area contributed by atoms with Gasteiger partial charge in [0.25, 0.3) is 6.71 Å². The maximum Gasteiger partial charge on any atom is 0.418 e. The average Bonchev–Trinajstić information content (AvgIpc) is 3.25. The van der Waals surface area contributed by atoms with Gasteiger partial charge in [-0.25, -0.2) is 0 Å². The van der Waals surface area contributed by atoms with Crippen LogP contribution in [0.15, 0.2) is 168 Å². The molecule has 0 amide bonds. The molecule has 4 aliphatic heterocycles. The molecule has 4 heterocycles. The second kappa shape index (κ2) is 12.8. The Morgan fingerprint density at radius 3 is 1.58 bits per heavy atom. The van der Waals surface area contributed by atoms with E-state index in [1.54, 1.807) is 17.8 Å². The largest absolute Gasteiger partial charge is 0.418 e. The van der Waals surface area contributed by atoms with E-state index in [4.69, 9.17) is 0 Å². The number of fused-ring (bicyclic) bond motifs is 10. The smallest absolute Gasteiger partial charge is 0.312 e. The van der Waals surface area contributed by atoms with Crippen LogP contribution in [0.1, 0.15) is 22.3 Å². The summed E-state index contributed by atoms with van der Waals surface area (Å²) in [6.07, 6.45) is -4.64. The van der Waals surface area contributed by atoms with Crippen LogP contribution in [0.5, 0.6) is 0 Å². The number of para-hydroxylation sites is 1. The lowest BCUT2D eigenvalue weighted by Gasteiger charge is -2.50. The molecular weight excluding hydrogens is 763 g/mol. The molecule has 0 aromatic heterocycles. The molecule has 0 saturated carbocycles. The van der Waals surface area contributed by atoms with E-state index in [1.807, 2.05) is 77.7 Å². The Kier molecular flexibility index (Phi) is 7.60. The van der Waals surface area contributed by atoms with Crippen molar-refractivity contribution in [2.45, 2.75) is 36.7 Å². The number of aryl methyl sites for hydroxylation is 3. The molecule has 8 aromatic rings. The van der Waals surface area contributed by atoms with Crippen LogP contribution in [0.25, 0.3) is 22.3 Å². The van der Waals surface area contributed by atoms with Gasteiger partial charge in [0, 0.05) is 43.8 Å². The molecule has 0 aliphatic carbocycles. The molecule has 286 valence electrons. The van der Waals surface area contributed by atoms with Crippen molar-refractivity contribution in [2.24, 2.45) is 0 Å². The molecule has 60 heavy (non-hydrogen) atoms. The lowest BCUT2D eigenvalue weighted by Crippen LogP contribution is -2.68. The van der Waals surface area contributed by atoms with Crippen molar-refractivity contribution in [1.29, 1.82) is 0 Å². The first-order valence-electron chi connectivity index (χ1n) is 20.4. The van der Waals surface area contributed by atoms with Crippen molar-refractivity contribution in [1.82, 2.24) is 0 Å². The summed E-state index contributed by atoms with van der Waals surface area (Å²) < 4.78 is 47.4. The number of hydrogen-bond donors (Lipinski definition) is 0. The van der Waals surface area contributed by atoms with Crippen molar-refractivity contribution in [3.63, 3.8) is 0 Å². The van der Waals surface area contributed by atoms with Gasteiger partial charge in [-0.05, 0) is 101 Å². The van der Waals surface area contributed by atoms with Crippen molar-refractivity contribution < 1.29 is 13.2 Å².